The summed E-state index contributed by atoms with van der Waals surface area (Å²) in [4.78, 5) is 13.1. The van der Waals surface area contributed by atoms with Gasteiger partial charge < -0.3 is 10.1 Å². The lowest BCUT2D eigenvalue weighted by Crippen LogP contribution is -2.41. The quantitative estimate of drug-likeness (QED) is 0.429. The fourth-order valence-corrected chi connectivity index (χ4v) is 5.08. The Morgan fingerprint density at radius 2 is 1.67 bits per heavy atom. The van der Waals surface area contributed by atoms with Crippen LogP contribution in [-0.4, -0.2) is 32.3 Å². The summed E-state index contributed by atoms with van der Waals surface area (Å²) in [7, 11) is -2.34. The normalized spacial score (nSPS) is 12.4. The molecule has 0 heterocycles. The number of nitrogens with zero attached hydrogens (tertiary/aromatic N) is 1. The Morgan fingerprint density at radius 1 is 1.03 bits per heavy atom. The van der Waals surface area contributed by atoms with Crippen LogP contribution in [0.3, 0.4) is 0 Å². The SMILES string of the molecule is COc1ccccc1[C@H](C)NC(=O)CN(Cc1ccc(C)cc1)S(=O)(=O)c1ccc(Br)cc1. The molecule has 3 rings (SSSR count). The van der Waals surface area contributed by atoms with Crippen LogP contribution in [0.25, 0.3) is 0 Å². The van der Waals surface area contributed by atoms with E-state index in [1.54, 1.807) is 19.2 Å². The first-order chi connectivity index (χ1) is 15.7. The average Bonchev–Trinajstić information content (AvgIpc) is 2.80. The predicted molar refractivity (Wildman–Crippen MR) is 132 cm³/mol. The smallest absolute Gasteiger partial charge is 0.243 e. The molecule has 8 heteroatoms. The number of carbonyl (C=O) groups is 1. The van der Waals surface area contributed by atoms with Crippen LogP contribution in [0.5, 0.6) is 5.75 Å². The number of hydrogen-bond donors (Lipinski definition) is 1. The molecule has 0 radical (unpaired) electrons. The Balaban J connectivity index is 1.84. The molecule has 0 aliphatic carbocycles. The van der Waals surface area contributed by atoms with Gasteiger partial charge in [-0.1, -0.05) is 64.0 Å². The van der Waals surface area contributed by atoms with Crippen molar-refractivity contribution >= 4 is 31.9 Å². The van der Waals surface area contributed by atoms with Crippen molar-refractivity contribution in [3.8, 4) is 5.75 Å². The Labute approximate surface area is 203 Å². The average molecular weight is 531 g/mol. The molecule has 0 fully saturated rings. The maximum atomic E-state index is 13.4. The van der Waals surface area contributed by atoms with Crippen molar-refractivity contribution in [2.45, 2.75) is 31.3 Å². The lowest BCUT2D eigenvalue weighted by molar-refractivity contribution is -0.122. The lowest BCUT2D eigenvalue weighted by atomic mass is 10.1. The van der Waals surface area contributed by atoms with Crippen LogP contribution < -0.4 is 10.1 Å². The number of para-hydroxylation sites is 1. The molecule has 3 aromatic rings. The number of methoxy groups -OCH3 is 1. The zero-order chi connectivity index (χ0) is 24.0. The molecule has 1 amide bonds. The van der Waals surface area contributed by atoms with Crippen molar-refractivity contribution in [1.29, 1.82) is 0 Å². The summed E-state index contributed by atoms with van der Waals surface area (Å²) >= 11 is 3.33. The summed E-state index contributed by atoms with van der Waals surface area (Å²) in [6.45, 7) is 3.57. The minimum absolute atomic E-state index is 0.0785. The largest absolute Gasteiger partial charge is 0.496 e. The minimum atomic E-state index is -3.91. The van der Waals surface area contributed by atoms with Gasteiger partial charge in [-0.25, -0.2) is 8.42 Å². The molecule has 3 aromatic carbocycles. The standard InChI is InChI=1S/C25H27BrN2O4S/c1-18-8-10-20(11-9-18)16-28(33(30,31)22-14-12-21(26)13-15-22)17-25(29)27-19(2)23-6-4-5-7-24(23)32-3/h4-15,19H,16-17H2,1-3H3,(H,27,29)/t19-/m0/s1. The van der Waals surface area contributed by atoms with Crippen molar-refractivity contribution in [3.05, 3.63) is 94.0 Å². The number of aryl methyl sites for hydroxylation is 1. The predicted octanol–water partition coefficient (Wildman–Crippen LogP) is 4.83. The van der Waals surface area contributed by atoms with Crippen LogP contribution in [0.4, 0.5) is 0 Å². The number of carbonyl (C=O) groups excluding carboxylic acids is 1. The monoisotopic (exact) mass is 530 g/mol. The third kappa shape index (κ3) is 6.43. The summed E-state index contributed by atoms with van der Waals surface area (Å²) < 4.78 is 34.2. The molecule has 33 heavy (non-hydrogen) atoms. The number of amides is 1. The number of halogens is 1. The van der Waals surface area contributed by atoms with Crippen LogP contribution >= 0.6 is 15.9 Å². The van der Waals surface area contributed by atoms with Gasteiger partial charge in [0, 0.05) is 16.6 Å². The number of hydrogen-bond acceptors (Lipinski definition) is 4. The summed E-state index contributed by atoms with van der Waals surface area (Å²) in [6.07, 6.45) is 0. The summed E-state index contributed by atoms with van der Waals surface area (Å²) in [6, 6.07) is 21.0. The van der Waals surface area contributed by atoms with E-state index >= 15 is 0 Å². The molecule has 174 valence electrons. The fourth-order valence-electron chi connectivity index (χ4n) is 3.43. The van der Waals surface area contributed by atoms with Gasteiger partial charge in [0.15, 0.2) is 0 Å². The van der Waals surface area contributed by atoms with Crippen LogP contribution in [0.15, 0.2) is 82.2 Å². The third-order valence-corrected chi connectivity index (χ3v) is 7.57. The molecule has 0 saturated heterocycles. The molecule has 0 aromatic heterocycles. The van der Waals surface area contributed by atoms with Crippen LogP contribution in [0.1, 0.15) is 29.7 Å². The second-order valence-electron chi connectivity index (χ2n) is 7.74. The van der Waals surface area contributed by atoms with Gasteiger partial charge in [-0.05, 0) is 49.7 Å². The molecule has 0 unspecified atom stereocenters. The number of rotatable bonds is 9. The molecule has 1 N–H and O–H groups in total. The first kappa shape index (κ1) is 25.0. The van der Waals surface area contributed by atoms with E-state index < -0.39 is 15.9 Å². The Hall–Kier alpha value is -2.68. The number of ether oxygens (including phenoxy) is 1. The summed E-state index contributed by atoms with van der Waals surface area (Å²) in [5.74, 6) is 0.255. The minimum Gasteiger partial charge on any atom is -0.496 e. The Kier molecular flexibility index (Phi) is 8.29. The molecular weight excluding hydrogens is 504 g/mol. The Bertz CT molecular complexity index is 1200. The maximum absolute atomic E-state index is 13.4. The van der Waals surface area contributed by atoms with Gasteiger partial charge in [0.05, 0.1) is 24.6 Å². The zero-order valence-corrected chi connectivity index (χ0v) is 21.2. The highest BCUT2D eigenvalue weighted by atomic mass is 79.9. The molecule has 0 aliphatic heterocycles. The fraction of sp³-hybridized carbons (Fsp3) is 0.240. The summed E-state index contributed by atoms with van der Waals surface area (Å²) in [5.41, 5.74) is 2.69. The molecular formula is C25H27BrN2O4S. The second-order valence-corrected chi connectivity index (χ2v) is 10.6. The van der Waals surface area contributed by atoms with E-state index in [9.17, 15) is 13.2 Å². The van der Waals surface area contributed by atoms with Gasteiger partial charge in [0.1, 0.15) is 5.75 Å². The maximum Gasteiger partial charge on any atom is 0.243 e. The van der Waals surface area contributed by atoms with E-state index in [0.717, 1.165) is 21.2 Å². The molecule has 0 spiro atoms. The molecule has 0 bridgehead atoms. The topological polar surface area (TPSA) is 75.7 Å². The van der Waals surface area contributed by atoms with Crippen LogP contribution in [-0.2, 0) is 21.4 Å². The first-order valence-corrected chi connectivity index (χ1v) is 12.7. The molecule has 0 aliphatic rings. The highest BCUT2D eigenvalue weighted by molar-refractivity contribution is 9.10. The van der Waals surface area contributed by atoms with Crippen molar-refractivity contribution in [1.82, 2.24) is 9.62 Å². The van der Waals surface area contributed by atoms with E-state index in [4.69, 9.17) is 4.74 Å². The van der Waals surface area contributed by atoms with Crippen molar-refractivity contribution in [2.75, 3.05) is 13.7 Å². The van der Waals surface area contributed by atoms with Gasteiger partial charge >= 0.3 is 0 Å². The molecule has 6 nitrogen and oxygen atoms in total. The van der Waals surface area contributed by atoms with Crippen molar-refractivity contribution in [2.24, 2.45) is 0 Å². The first-order valence-electron chi connectivity index (χ1n) is 10.4. The van der Waals surface area contributed by atoms with Crippen LogP contribution in [0.2, 0.25) is 0 Å². The zero-order valence-electron chi connectivity index (χ0n) is 18.8. The van der Waals surface area contributed by atoms with Gasteiger partial charge in [0.2, 0.25) is 15.9 Å². The van der Waals surface area contributed by atoms with E-state index in [0.29, 0.717) is 5.75 Å². The number of benzene rings is 3. The van der Waals surface area contributed by atoms with E-state index in [1.165, 1.54) is 16.4 Å². The van der Waals surface area contributed by atoms with Crippen molar-refractivity contribution < 1.29 is 17.9 Å². The van der Waals surface area contributed by atoms with Crippen molar-refractivity contribution in [3.63, 3.8) is 0 Å². The van der Waals surface area contributed by atoms with Gasteiger partial charge in [-0.15, -0.1) is 0 Å². The van der Waals surface area contributed by atoms with E-state index in [-0.39, 0.29) is 24.0 Å². The number of nitrogens with one attached hydrogen (secondary N) is 1. The van der Waals surface area contributed by atoms with Gasteiger partial charge in [0.25, 0.3) is 0 Å². The highest BCUT2D eigenvalue weighted by Crippen LogP contribution is 2.25. The van der Waals surface area contributed by atoms with Gasteiger partial charge in [-0.2, -0.15) is 4.31 Å². The molecule has 0 saturated carbocycles. The highest BCUT2D eigenvalue weighted by Gasteiger charge is 2.27. The Morgan fingerprint density at radius 3 is 2.30 bits per heavy atom. The number of sulfonamides is 1. The second kappa shape index (κ2) is 11.0. The lowest BCUT2D eigenvalue weighted by Gasteiger charge is -2.24. The summed E-state index contributed by atoms with van der Waals surface area (Å²) in [5, 5.41) is 2.90. The third-order valence-electron chi connectivity index (χ3n) is 5.23. The van der Waals surface area contributed by atoms with E-state index in [2.05, 4.69) is 21.2 Å². The van der Waals surface area contributed by atoms with Gasteiger partial charge in [-0.3, -0.25) is 4.79 Å². The van der Waals surface area contributed by atoms with E-state index in [1.807, 2.05) is 62.4 Å². The molecule has 1 atom stereocenters. The van der Waals surface area contributed by atoms with Crippen LogP contribution in [0, 0.1) is 6.92 Å².